The minimum absolute atomic E-state index is 0.412. The number of rotatable bonds is 3. The van der Waals surface area contributed by atoms with Gasteiger partial charge in [0.2, 0.25) is 0 Å². The Morgan fingerprint density at radius 1 is 1.30 bits per heavy atom. The van der Waals surface area contributed by atoms with Crippen LogP contribution in [0.4, 0.5) is 0 Å². The first-order chi connectivity index (χ1) is 9.66. The van der Waals surface area contributed by atoms with Gasteiger partial charge >= 0.3 is 0 Å². The van der Waals surface area contributed by atoms with E-state index in [2.05, 4.69) is 24.4 Å². The molecule has 20 heavy (non-hydrogen) atoms. The van der Waals surface area contributed by atoms with Crippen LogP contribution in [-0.2, 0) is 4.74 Å². The van der Waals surface area contributed by atoms with Crippen LogP contribution >= 0.6 is 11.3 Å². The lowest BCUT2D eigenvalue weighted by Crippen LogP contribution is -2.41. The molecule has 0 spiro atoms. The minimum atomic E-state index is -0.539. The van der Waals surface area contributed by atoms with E-state index in [9.17, 15) is 5.11 Å². The van der Waals surface area contributed by atoms with Crippen molar-refractivity contribution in [2.75, 3.05) is 7.11 Å². The molecule has 3 rings (SSSR count). The van der Waals surface area contributed by atoms with Crippen molar-refractivity contribution < 1.29 is 9.84 Å². The molecule has 3 heteroatoms. The molecule has 1 aromatic carbocycles. The molecule has 0 saturated heterocycles. The summed E-state index contributed by atoms with van der Waals surface area (Å²) in [7, 11) is 1.74. The fraction of sp³-hybridized carbons (Fsp3) is 0.529. The van der Waals surface area contributed by atoms with Crippen molar-refractivity contribution in [3.05, 3.63) is 35.2 Å². The molecule has 1 aliphatic carbocycles. The Labute approximate surface area is 124 Å². The van der Waals surface area contributed by atoms with Gasteiger partial charge in [0.1, 0.15) is 6.10 Å². The zero-order valence-corrected chi connectivity index (χ0v) is 13.0. The molecule has 0 bridgehead atoms. The molecule has 2 nitrogen and oxygen atoms in total. The maximum atomic E-state index is 11.0. The van der Waals surface area contributed by atoms with E-state index in [0.717, 1.165) is 37.2 Å². The van der Waals surface area contributed by atoms with Gasteiger partial charge in [-0.1, -0.05) is 25.1 Å². The van der Waals surface area contributed by atoms with E-state index in [0.29, 0.717) is 0 Å². The Balaban J connectivity index is 1.98. The molecule has 0 radical (unpaired) electrons. The molecule has 1 N–H and O–H groups in total. The molecular formula is C17H22O2S. The van der Waals surface area contributed by atoms with E-state index in [1.807, 2.05) is 12.1 Å². The molecule has 1 heterocycles. The van der Waals surface area contributed by atoms with Gasteiger partial charge in [0, 0.05) is 17.4 Å². The number of hydrogen-bond donors (Lipinski definition) is 1. The summed E-state index contributed by atoms with van der Waals surface area (Å²) in [6, 6.07) is 8.29. The summed E-state index contributed by atoms with van der Waals surface area (Å²) in [5, 5.41) is 14.3. The minimum Gasteiger partial charge on any atom is -0.385 e. The van der Waals surface area contributed by atoms with Crippen LogP contribution in [0.3, 0.4) is 0 Å². The second-order valence-electron chi connectivity index (χ2n) is 6.04. The fourth-order valence-corrected chi connectivity index (χ4v) is 4.29. The summed E-state index contributed by atoms with van der Waals surface area (Å²) in [6.07, 6.45) is 3.60. The van der Waals surface area contributed by atoms with Crippen molar-refractivity contribution in [2.24, 2.45) is 5.92 Å². The third-order valence-electron chi connectivity index (χ3n) is 4.83. The highest BCUT2D eigenvalue weighted by atomic mass is 32.1. The van der Waals surface area contributed by atoms with E-state index in [-0.39, 0.29) is 0 Å². The third kappa shape index (κ3) is 2.28. The number of thiophene rings is 1. The Morgan fingerprint density at radius 2 is 2.05 bits per heavy atom. The van der Waals surface area contributed by atoms with Gasteiger partial charge < -0.3 is 9.84 Å². The van der Waals surface area contributed by atoms with Crippen LogP contribution in [0, 0.1) is 5.92 Å². The molecule has 1 fully saturated rings. The largest absolute Gasteiger partial charge is 0.385 e. The van der Waals surface area contributed by atoms with Crippen LogP contribution in [0.1, 0.15) is 44.3 Å². The van der Waals surface area contributed by atoms with Crippen LogP contribution in [0.25, 0.3) is 10.1 Å². The van der Waals surface area contributed by atoms with E-state index in [4.69, 9.17) is 4.74 Å². The standard InChI is InChI=1S/C17H22O2S/c1-12-6-9-17(19-2,10-7-12)16(18)14-5-3-4-13-8-11-20-15(13)14/h3-5,8,11-12,16,18H,6-7,9-10H2,1-2H3. The Bertz CT molecular complexity index is 581. The second kappa shape index (κ2) is 5.47. The molecule has 1 aromatic heterocycles. The van der Waals surface area contributed by atoms with Crippen molar-refractivity contribution in [3.8, 4) is 0 Å². The number of ether oxygens (including phenoxy) is 1. The Morgan fingerprint density at radius 3 is 2.75 bits per heavy atom. The normalized spacial score (nSPS) is 28.6. The summed E-state index contributed by atoms with van der Waals surface area (Å²) in [5.41, 5.74) is 0.610. The fourth-order valence-electron chi connectivity index (χ4n) is 3.35. The van der Waals surface area contributed by atoms with Crippen molar-refractivity contribution in [1.82, 2.24) is 0 Å². The van der Waals surface area contributed by atoms with Crippen molar-refractivity contribution in [2.45, 2.75) is 44.3 Å². The number of hydrogen-bond acceptors (Lipinski definition) is 3. The first-order valence-electron chi connectivity index (χ1n) is 7.35. The van der Waals surface area contributed by atoms with Crippen molar-refractivity contribution >= 4 is 21.4 Å². The molecule has 1 saturated carbocycles. The number of fused-ring (bicyclic) bond motifs is 1. The number of aliphatic hydroxyl groups excluding tert-OH is 1. The first-order valence-corrected chi connectivity index (χ1v) is 8.23. The Hall–Kier alpha value is -0.900. The SMILES string of the molecule is COC1(C(O)c2cccc3ccsc23)CCC(C)CC1. The maximum Gasteiger partial charge on any atom is 0.109 e. The smallest absolute Gasteiger partial charge is 0.109 e. The van der Waals surface area contributed by atoms with Crippen LogP contribution in [0.15, 0.2) is 29.6 Å². The number of aliphatic hydroxyl groups is 1. The molecule has 1 atom stereocenters. The molecule has 108 valence electrons. The predicted molar refractivity (Wildman–Crippen MR) is 84.2 cm³/mol. The lowest BCUT2D eigenvalue weighted by atomic mass is 9.74. The van der Waals surface area contributed by atoms with E-state index < -0.39 is 11.7 Å². The van der Waals surface area contributed by atoms with Gasteiger partial charge in [0.05, 0.1) is 5.60 Å². The zero-order valence-electron chi connectivity index (χ0n) is 12.1. The lowest BCUT2D eigenvalue weighted by Gasteiger charge is -2.42. The van der Waals surface area contributed by atoms with Crippen LogP contribution in [-0.4, -0.2) is 17.8 Å². The number of methoxy groups -OCH3 is 1. The molecule has 1 aliphatic rings. The summed E-state index contributed by atoms with van der Waals surface area (Å²) in [5.74, 6) is 0.739. The van der Waals surface area contributed by atoms with E-state index in [1.165, 1.54) is 10.1 Å². The third-order valence-corrected chi connectivity index (χ3v) is 5.81. The summed E-state index contributed by atoms with van der Waals surface area (Å²) in [4.78, 5) is 0. The van der Waals surface area contributed by atoms with Crippen LogP contribution in [0.5, 0.6) is 0 Å². The zero-order chi connectivity index (χ0) is 14.2. The van der Waals surface area contributed by atoms with E-state index >= 15 is 0 Å². The monoisotopic (exact) mass is 290 g/mol. The molecule has 2 aromatic rings. The van der Waals surface area contributed by atoms with Gasteiger partial charge in [-0.2, -0.15) is 0 Å². The topological polar surface area (TPSA) is 29.5 Å². The van der Waals surface area contributed by atoms with Gasteiger partial charge in [-0.3, -0.25) is 0 Å². The molecular weight excluding hydrogens is 268 g/mol. The highest BCUT2D eigenvalue weighted by Crippen LogP contribution is 2.44. The molecule has 0 aliphatic heterocycles. The van der Waals surface area contributed by atoms with Crippen LogP contribution < -0.4 is 0 Å². The average molecular weight is 290 g/mol. The van der Waals surface area contributed by atoms with E-state index in [1.54, 1.807) is 18.4 Å². The van der Waals surface area contributed by atoms with Crippen molar-refractivity contribution in [3.63, 3.8) is 0 Å². The van der Waals surface area contributed by atoms with Gasteiger partial charge in [-0.15, -0.1) is 11.3 Å². The van der Waals surface area contributed by atoms with Gasteiger partial charge in [0.15, 0.2) is 0 Å². The van der Waals surface area contributed by atoms with Crippen molar-refractivity contribution in [1.29, 1.82) is 0 Å². The first kappa shape index (κ1) is 14.1. The predicted octanol–water partition coefficient (Wildman–Crippen LogP) is 4.53. The summed E-state index contributed by atoms with van der Waals surface area (Å²) >= 11 is 1.70. The summed E-state index contributed by atoms with van der Waals surface area (Å²) < 4.78 is 7.01. The quantitative estimate of drug-likeness (QED) is 0.900. The maximum absolute atomic E-state index is 11.0. The number of benzene rings is 1. The van der Waals surface area contributed by atoms with Crippen LogP contribution in [0.2, 0.25) is 0 Å². The highest BCUT2D eigenvalue weighted by Gasteiger charge is 2.42. The molecule has 1 unspecified atom stereocenters. The van der Waals surface area contributed by atoms with Gasteiger partial charge in [0.25, 0.3) is 0 Å². The Kier molecular flexibility index (Phi) is 3.85. The lowest BCUT2D eigenvalue weighted by molar-refractivity contribution is -0.129. The highest BCUT2D eigenvalue weighted by molar-refractivity contribution is 7.17. The molecule has 0 amide bonds. The van der Waals surface area contributed by atoms with Gasteiger partial charge in [-0.25, -0.2) is 0 Å². The van der Waals surface area contributed by atoms with Gasteiger partial charge in [-0.05, 0) is 48.4 Å². The second-order valence-corrected chi connectivity index (χ2v) is 6.96. The summed E-state index contributed by atoms with van der Waals surface area (Å²) in [6.45, 7) is 2.28. The average Bonchev–Trinajstić information content (AvgIpc) is 2.96.